The lowest BCUT2D eigenvalue weighted by atomic mass is 10.3. The van der Waals surface area contributed by atoms with Gasteiger partial charge in [0.2, 0.25) is 0 Å². The number of hydrogen-bond donors (Lipinski definition) is 0. The van der Waals surface area contributed by atoms with Gasteiger partial charge in [-0.05, 0) is 32.4 Å². The minimum Gasteiger partial charge on any atom is -0.446 e. The molecule has 1 heterocycles. The molecule has 2 nitrogen and oxygen atoms in total. The predicted octanol–water partition coefficient (Wildman–Crippen LogP) is 2.62. The molecule has 1 aliphatic heterocycles. The third-order valence-electron chi connectivity index (χ3n) is 1.75. The van der Waals surface area contributed by atoms with Gasteiger partial charge in [0.15, 0.2) is 5.88 Å². The fourth-order valence-electron chi connectivity index (χ4n) is 1.17. The standard InChI is InChI=1S/C10H15NO/c1-5-6-9-7-12-10(8(2)3)11(9)4/h5-7H,1-4H3/b6-5-. The van der Waals surface area contributed by atoms with E-state index >= 15 is 0 Å². The lowest BCUT2D eigenvalue weighted by Gasteiger charge is -2.14. The molecule has 0 aromatic heterocycles. The van der Waals surface area contributed by atoms with Gasteiger partial charge in [0.05, 0.1) is 5.70 Å². The largest absolute Gasteiger partial charge is 0.446 e. The van der Waals surface area contributed by atoms with Crippen LogP contribution >= 0.6 is 0 Å². The van der Waals surface area contributed by atoms with E-state index in [1.54, 1.807) is 6.26 Å². The van der Waals surface area contributed by atoms with Crippen molar-refractivity contribution >= 4 is 0 Å². The highest BCUT2D eigenvalue weighted by molar-refractivity contribution is 5.25. The Labute approximate surface area is 73.8 Å². The van der Waals surface area contributed by atoms with Gasteiger partial charge in [-0.2, -0.15) is 0 Å². The molecule has 0 amide bonds. The monoisotopic (exact) mass is 165 g/mol. The molecule has 0 atom stereocenters. The molecule has 1 rings (SSSR count). The highest BCUT2D eigenvalue weighted by Crippen LogP contribution is 2.23. The molecule has 0 fully saturated rings. The maximum absolute atomic E-state index is 5.38. The molecule has 0 saturated heterocycles. The summed E-state index contributed by atoms with van der Waals surface area (Å²) < 4.78 is 5.38. The first-order chi connectivity index (χ1) is 5.66. The normalized spacial score (nSPS) is 16.8. The van der Waals surface area contributed by atoms with Crippen molar-refractivity contribution in [2.24, 2.45) is 0 Å². The van der Waals surface area contributed by atoms with E-state index in [4.69, 9.17) is 4.74 Å². The summed E-state index contributed by atoms with van der Waals surface area (Å²) in [7, 11) is 2.00. The van der Waals surface area contributed by atoms with Crippen LogP contribution in [0.15, 0.2) is 35.6 Å². The molecule has 0 bridgehead atoms. The first-order valence-corrected chi connectivity index (χ1v) is 4.07. The van der Waals surface area contributed by atoms with E-state index in [2.05, 4.69) is 0 Å². The molecule has 0 radical (unpaired) electrons. The minimum atomic E-state index is 0.933. The SMILES string of the molecule is C/C=C\C1=COC(=C(C)C)N1C. The maximum Gasteiger partial charge on any atom is 0.198 e. The van der Waals surface area contributed by atoms with Gasteiger partial charge in [-0.3, -0.25) is 0 Å². The van der Waals surface area contributed by atoms with Crippen molar-refractivity contribution in [2.45, 2.75) is 20.8 Å². The van der Waals surface area contributed by atoms with Gasteiger partial charge in [-0.1, -0.05) is 6.08 Å². The molecule has 0 saturated carbocycles. The molecule has 2 heteroatoms. The number of rotatable bonds is 1. The van der Waals surface area contributed by atoms with Crippen molar-refractivity contribution in [3.63, 3.8) is 0 Å². The Kier molecular flexibility index (Phi) is 2.58. The molecule has 0 N–H and O–H groups in total. The van der Waals surface area contributed by atoms with Gasteiger partial charge >= 0.3 is 0 Å². The Bertz CT molecular complexity index is 257. The second kappa shape index (κ2) is 3.48. The van der Waals surface area contributed by atoms with Gasteiger partial charge in [0.1, 0.15) is 6.26 Å². The third-order valence-corrected chi connectivity index (χ3v) is 1.75. The number of hydrogen-bond acceptors (Lipinski definition) is 2. The highest BCUT2D eigenvalue weighted by Gasteiger charge is 2.16. The molecule has 0 spiro atoms. The Hall–Kier alpha value is -1.18. The zero-order valence-corrected chi connectivity index (χ0v) is 8.09. The molecule has 0 aromatic rings. The van der Waals surface area contributed by atoms with Crippen LogP contribution in [0.3, 0.4) is 0 Å². The second-order valence-corrected chi connectivity index (χ2v) is 3.02. The molecule has 1 aliphatic rings. The summed E-state index contributed by atoms with van der Waals surface area (Å²) in [5, 5.41) is 0. The summed E-state index contributed by atoms with van der Waals surface area (Å²) in [5.41, 5.74) is 2.28. The zero-order valence-electron chi connectivity index (χ0n) is 8.09. The number of nitrogens with zero attached hydrogens (tertiary/aromatic N) is 1. The van der Waals surface area contributed by atoms with Crippen molar-refractivity contribution in [1.29, 1.82) is 0 Å². The zero-order chi connectivity index (χ0) is 9.14. The van der Waals surface area contributed by atoms with Gasteiger partial charge in [-0.15, -0.1) is 0 Å². The van der Waals surface area contributed by atoms with Crippen LogP contribution in [0, 0.1) is 0 Å². The van der Waals surface area contributed by atoms with E-state index in [9.17, 15) is 0 Å². The summed E-state index contributed by atoms with van der Waals surface area (Å²) >= 11 is 0. The van der Waals surface area contributed by atoms with E-state index in [1.807, 2.05) is 44.9 Å². The number of ether oxygens (including phenoxy) is 1. The van der Waals surface area contributed by atoms with Crippen molar-refractivity contribution in [3.8, 4) is 0 Å². The quantitative estimate of drug-likeness (QED) is 0.592. The first-order valence-electron chi connectivity index (χ1n) is 4.07. The number of likely N-dealkylation sites (N-methyl/N-ethyl adjacent to an activating group) is 1. The molecular formula is C10H15NO. The second-order valence-electron chi connectivity index (χ2n) is 3.02. The van der Waals surface area contributed by atoms with Gasteiger partial charge in [-0.25, -0.2) is 0 Å². The average molecular weight is 165 g/mol. The predicted molar refractivity (Wildman–Crippen MR) is 50.1 cm³/mol. The van der Waals surface area contributed by atoms with Crippen LogP contribution in [-0.2, 0) is 4.74 Å². The summed E-state index contributed by atoms with van der Waals surface area (Å²) in [4.78, 5) is 2.04. The maximum atomic E-state index is 5.38. The lowest BCUT2D eigenvalue weighted by molar-refractivity contribution is 0.286. The van der Waals surface area contributed by atoms with E-state index in [-0.39, 0.29) is 0 Å². The Morgan fingerprint density at radius 1 is 1.50 bits per heavy atom. The Morgan fingerprint density at radius 2 is 2.17 bits per heavy atom. The molecule has 12 heavy (non-hydrogen) atoms. The lowest BCUT2D eigenvalue weighted by Crippen LogP contribution is -2.11. The van der Waals surface area contributed by atoms with Crippen LogP contribution in [0.25, 0.3) is 0 Å². The van der Waals surface area contributed by atoms with Crippen LogP contribution in [-0.4, -0.2) is 11.9 Å². The third kappa shape index (κ3) is 1.52. The molecular weight excluding hydrogens is 150 g/mol. The summed E-state index contributed by atoms with van der Waals surface area (Å²) in [6.07, 6.45) is 5.79. The van der Waals surface area contributed by atoms with Crippen LogP contribution in [0.4, 0.5) is 0 Å². The van der Waals surface area contributed by atoms with Gasteiger partial charge < -0.3 is 9.64 Å². The topological polar surface area (TPSA) is 12.5 Å². The van der Waals surface area contributed by atoms with E-state index in [0.29, 0.717) is 0 Å². The fourth-order valence-corrected chi connectivity index (χ4v) is 1.17. The van der Waals surface area contributed by atoms with Gasteiger partial charge in [0.25, 0.3) is 0 Å². The van der Waals surface area contributed by atoms with Crippen molar-refractivity contribution < 1.29 is 4.74 Å². The van der Waals surface area contributed by atoms with Crippen LogP contribution in [0.2, 0.25) is 0 Å². The smallest absolute Gasteiger partial charge is 0.198 e. The highest BCUT2D eigenvalue weighted by atomic mass is 16.5. The van der Waals surface area contributed by atoms with Crippen LogP contribution < -0.4 is 0 Å². The van der Waals surface area contributed by atoms with E-state index < -0.39 is 0 Å². The van der Waals surface area contributed by atoms with E-state index in [0.717, 1.165) is 11.6 Å². The minimum absolute atomic E-state index is 0.933. The summed E-state index contributed by atoms with van der Waals surface area (Å²) in [6, 6.07) is 0. The van der Waals surface area contributed by atoms with Crippen molar-refractivity contribution in [2.75, 3.05) is 7.05 Å². The van der Waals surface area contributed by atoms with Crippen molar-refractivity contribution in [1.82, 2.24) is 4.90 Å². The average Bonchev–Trinajstić information content (AvgIpc) is 2.34. The van der Waals surface area contributed by atoms with Gasteiger partial charge in [0, 0.05) is 7.05 Å². The molecule has 0 aromatic carbocycles. The molecule has 66 valence electrons. The summed E-state index contributed by atoms with van der Waals surface area (Å²) in [5.74, 6) is 0.933. The van der Waals surface area contributed by atoms with Crippen LogP contribution in [0.1, 0.15) is 20.8 Å². The Balaban J connectivity index is 2.83. The van der Waals surface area contributed by atoms with Crippen LogP contribution in [0.5, 0.6) is 0 Å². The van der Waals surface area contributed by atoms with E-state index in [1.165, 1.54) is 5.57 Å². The fraction of sp³-hybridized carbons (Fsp3) is 0.400. The first kappa shape index (κ1) is 8.91. The number of allylic oxidation sites excluding steroid dienone is 3. The molecule has 0 unspecified atom stereocenters. The summed E-state index contributed by atoms with van der Waals surface area (Å²) in [6.45, 7) is 6.08. The Morgan fingerprint density at radius 3 is 2.58 bits per heavy atom. The molecule has 0 aliphatic carbocycles. The van der Waals surface area contributed by atoms with Crippen molar-refractivity contribution in [3.05, 3.63) is 35.6 Å².